The van der Waals surface area contributed by atoms with Crippen molar-refractivity contribution in [2.45, 2.75) is 13.8 Å². The van der Waals surface area contributed by atoms with Gasteiger partial charge in [-0.15, -0.1) is 0 Å². The molecule has 8 nitrogen and oxygen atoms in total. The fourth-order valence-corrected chi connectivity index (χ4v) is 2.23. The fraction of sp³-hybridized carbons (Fsp3) is 0.176. The third kappa shape index (κ3) is 4.31. The highest BCUT2D eigenvalue weighted by molar-refractivity contribution is 5.87. The number of benzene rings is 2. The highest BCUT2D eigenvalue weighted by Crippen LogP contribution is 2.29. The van der Waals surface area contributed by atoms with E-state index in [4.69, 9.17) is 4.74 Å². The summed E-state index contributed by atoms with van der Waals surface area (Å²) < 4.78 is 5.09. The molecule has 0 spiro atoms. The molecule has 0 bridgehead atoms. The van der Waals surface area contributed by atoms with Crippen LogP contribution in [0.25, 0.3) is 0 Å². The van der Waals surface area contributed by atoms with Crippen LogP contribution in [-0.2, 0) is 0 Å². The van der Waals surface area contributed by atoms with E-state index in [1.807, 2.05) is 0 Å². The third-order valence-corrected chi connectivity index (χ3v) is 3.43. The molecule has 1 amide bonds. The maximum absolute atomic E-state index is 11.3. The Kier molecular flexibility index (Phi) is 5.33. The van der Waals surface area contributed by atoms with Crippen molar-refractivity contribution in [3.05, 3.63) is 57.1 Å². The number of aliphatic imine (C=N–C) groups is 1. The van der Waals surface area contributed by atoms with Crippen LogP contribution in [-0.4, -0.2) is 29.4 Å². The van der Waals surface area contributed by atoms with Gasteiger partial charge < -0.3 is 15.2 Å². The maximum Gasteiger partial charge on any atom is 0.412 e. The van der Waals surface area contributed by atoms with Crippen molar-refractivity contribution in [3.8, 4) is 11.5 Å². The van der Waals surface area contributed by atoms with Crippen LogP contribution in [0.3, 0.4) is 0 Å². The van der Waals surface area contributed by atoms with E-state index in [2.05, 4.69) is 10.3 Å². The van der Waals surface area contributed by atoms with Gasteiger partial charge in [-0.25, -0.2) is 4.79 Å². The van der Waals surface area contributed by atoms with Crippen LogP contribution in [0.15, 0.2) is 35.3 Å². The standard InChI is InChI=1S/C17H17N3O5/c1-10-6-14(25-17(22)18-3)7-11(2)16(10)19-9-12-8-13(20(23)24)4-5-15(12)21/h4-9,21H,1-3H3,(H,18,22)/b19-9+. The number of aromatic hydroxyl groups is 1. The van der Waals surface area contributed by atoms with Gasteiger partial charge in [-0.2, -0.15) is 0 Å². The molecule has 2 N–H and O–H groups in total. The number of rotatable bonds is 4. The first kappa shape index (κ1) is 17.9. The van der Waals surface area contributed by atoms with Gasteiger partial charge in [-0.3, -0.25) is 15.1 Å². The van der Waals surface area contributed by atoms with Gasteiger partial charge in [-0.1, -0.05) is 0 Å². The van der Waals surface area contributed by atoms with E-state index in [9.17, 15) is 20.0 Å². The summed E-state index contributed by atoms with van der Waals surface area (Å²) in [5.41, 5.74) is 2.22. The van der Waals surface area contributed by atoms with Crippen molar-refractivity contribution >= 4 is 23.7 Å². The van der Waals surface area contributed by atoms with Crippen molar-refractivity contribution in [1.29, 1.82) is 0 Å². The van der Waals surface area contributed by atoms with E-state index >= 15 is 0 Å². The van der Waals surface area contributed by atoms with Crippen LogP contribution >= 0.6 is 0 Å². The van der Waals surface area contributed by atoms with Crippen molar-refractivity contribution in [2.75, 3.05) is 7.05 Å². The van der Waals surface area contributed by atoms with Crippen LogP contribution in [0.1, 0.15) is 16.7 Å². The number of nitrogens with one attached hydrogen (secondary N) is 1. The summed E-state index contributed by atoms with van der Waals surface area (Å²) in [6.07, 6.45) is 0.785. The quantitative estimate of drug-likeness (QED) is 0.502. The molecule has 0 radical (unpaired) electrons. The van der Waals surface area contributed by atoms with E-state index in [0.717, 1.165) is 11.1 Å². The van der Waals surface area contributed by atoms with Crippen LogP contribution in [0.4, 0.5) is 16.2 Å². The zero-order valence-corrected chi connectivity index (χ0v) is 13.9. The number of non-ortho nitro benzene ring substituents is 1. The molecule has 0 aliphatic rings. The Morgan fingerprint density at radius 1 is 1.28 bits per heavy atom. The molecule has 0 saturated heterocycles. The molecule has 0 atom stereocenters. The summed E-state index contributed by atoms with van der Waals surface area (Å²) in [5, 5.41) is 23.0. The van der Waals surface area contributed by atoms with E-state index < -0.39 is 11.0 Å². The minimum absolute atomic E-state index is 0.107. The predicted molar refractivity (Wildman–Crippen MR) is 93.0 cm³/mol. The summed E-state index contributed by atoms with van der Waals surface area (Å²) in [7, 11) is 1.46. The molecule has 0 fully saturated rings. The third-order valence-electron chi connectivity index (χ3n) is 3.43. The molecular formula is C17H17N3O5. The van der Waals surface area contributed by atoms with Gasteiger partial charge in [0, 0.05) is 31.0 Å². The predicted octanol–water partition coefficient (Wildman–Crippen LogP) is 3.39. The zero-order chi connectivity index (χ0) is 18.6. The molecule has 0 aliphatic carbocycles. The highest BCUT2D eigenvalue weighted by Gasteiger charge is 2.10. The van der Waals surface area contributed by atoms with Gasteiger partial charge >= 0.3 is 6.09 Å². The van der Waals surface area contributed by atoms with E-state index in [-0.39, 0.29) is 17.0 Å². The molecule has 8 heteroatoms. The zero-order valence-electron chi connectivity index (χ0n) is 13.9. The first-order valence-electron chi connectivity index (χ1n) is 7.34. The summed E-state index contributed by atoms with van der Waals surface area (Å²) in [6.45, 7) is 3.59. The molecular weight excluding hydrogens is 326 g/mol. The molecule has 2 aromatic rings. The van der Waals surface area contributed by atoms with Crippen LogP contribution in [0.2, 0.25) is 0 Å². The minimum Gasteiger partial charge on any atom is -0.507 e. The minimum atomic E-state index is -0.573. The van der Waals surface area contributed by atoms with Gasteiger partial charge in [-0.05, 0) is 43.2 Å². The second-order valence-electron chi connectivity index (χ2n) is 5.30. The average Bonchev–Trinajstić information content (AvgIpc) is 2.55. The van der Waals surface area contributed by atoms with Gasteiger partial charge in [0.15, 0.2) is 0 Å². The summed E-state index contributed by atoms with van der Waals surface area (Å²) in [4.78, 5) is 25.9. The van der Waals surface area contributed by atoms with Crippen molar-refractivity contribution in [3.63, 3.8) is 0 Å². The average molecular weight is 343 g/mol. The summed E-state index contributed by atoms with van der Waals surface area (Å²) in [6, 6.07) is 7.02. The van der Waals surface area contributed by atoms with Crippen molar-refractivity contribution < 1.29 is 19.6 Å². The number of nitrogens with zero attached hydrogens (tertiary/aromatic N) is 2. The SMILES string of the molecule is CNC(=O)Oc1cc(C)c(/N=C/c2cc([N+](=O)[O-])ccc2O)c(C)c1. The van der Waals surface area contributed by atoms with Crippen LogP contribution in [0, 0.1) is 24.0 Å². The number of hydrogen-bond donors (Lipinski definition) is 2. The number of nitro groups is 1. The lowest BCUT2D eigenvalue weighted by Gasteiger charge is -2.09. The van der Waals surface area contributed by atoms with Crippen molar-refractivity contribution in [1.82, 2.24) is 5.32 Å². The molecule has 130 valence electrons. The number of phenolic OH excluding ortho intramolecular Hbond substituents is 1. The molecule has 2 aromatic carbocycles. The molecule has 0 saturated carbocycles. The smallest absolute Gasteiger partial charge is 0.412 e. The normalized spacial score (nSPS) is 10.7. The van der Waals surface area contributed by atoms with Gasteiger partial charge in [0.05, 0.1) is 10.6 Å². The molecule has 0 aromatic heterocycles. The number of amides is 1. The Morgan fingerprint density at radius 2 is 1.92 bits per heavy atom. The topological polar surface area (TPSA) is 114 Å². The fourth-order valence-electron chi connectivity index (χ4n) is 2.23. The Labute approximate surface area is 143 Å². The molecule has 2 rings (SSSR count). The lowest BCUT2D eigenvalue weighted by molar-refractivity contribution is -0.384. The maximum atomic E-state index is 11.3. The van der Waals surface area contributed by atoms with Gasteiger partial charge in [0.2, 0.25) is 0 Å². The highest BCUT2D eigenvalue weighted by atomic mass is 16.6. The van der Waals surface area contributed by atoms with Gasteiger partial charge in [0.1, 0.15) is 11.5 Å². The van der Waals surface area contributed by atoms with E-state index in [0.29, 0.717) is 11.4 Å². The first-order chi connectivity index (χ1) is 11.8. The second-order valence-corrected chi connectivity index (χ2v) is 5.30. The van der Waals surface area contributed by atoms with Crippen LogP contribution < -0.4 is 10.1 Å². The Bertz CT molecular complexity index is 838. The van der Waals surface area contributed by atoms with E-state index in [1.54, 1.807) is 26.0 Å². The Hall–Kier alpha value is -3.42. The number of aryl methyl sites for hydroxylation is 2. The van der Waals surface area contributed by atoms with E-state index in [1.165, 1.54) is 31.5 Å². The number of nitro benzene ring substituents is 1. The molecule has 25 heavy (non-hydrogen) atoms. The number of carbonyl (C=O) groups excluding carboxylic acids is 1. The number of carbonyl (C=O) groups is 1. The summed E-state index contributed by atoms with van der Waals surface area (Å²) in [5.74, 6) is 0.274. The number of ether oxygens (including phenoxy) is 1. The first-order valence-corrected chi connectivity index (χ1v) is 7.34. The molecule has 0 heterocycles. The largest absolute Gasteiger partial charge is 0.507 e. The lowest BCUT2D eigenvalue weighted by Crippen LogP contribution is -2.22. The lowest BCUT2D eigenvalue weighted by atomic mass is 10.1. The summed E-state index contributed by atoms with van der Waals surface area (Å²) >= 11 is 0. The van der Waals surface area contributed by atoms with Crippen molar-refractivity contribution in [2.24, 2.45) is 4.99 Å². The molecule has 0 unspecified atom stereocenters. The van der Waals surface area contributed by atoms with Crippen LogP contribution in [0.5, 0.6) is 11.5 Å². The van der Waals surface area contributed by atoms with Gasteiger partial charge in [0.25, 0.3) is 5.69 Å². The Balaban J connectivity index is 2.34. The molecule has 0 aliphatic heterocycles. The Morgan fingerprint density at radius 3 is 2.48 bits per heavy atom. The number of phenols is 1. The monoisotopic (exact) mass is 343 g/mol. The number of hydrogen-bond acceptors (Lipinski definition) is 6. The second kappa shape index (κ2) is 7.43.